The van der Waals surface area contributed by atoms with E-state index in [9.17, 15) is 14.7 Å². The molecule has 0 fully saturated rings. The molecule has 0 aliphatic heterocycles. The second kappa shape index (κ2) is 6.92. The van der Waals surface area contributed by atoms with Crippen molar-refractivity contribution in [1.82, 2.24) is 15.1 Å². The third kappa shape index (κ3) is 4.08. The molecule has 1 aromatic rings. The fourth-order valence-electron chi connectivity index (χ4n) is 1.99. The molecule has 0 atom stereocenters. The molecule has 1 aromatic heterocycles. The third-order valence-corrected chi connectivity index (χ3v) is 3.53. The molecule has 0 saturated heterocycles. The fourth-order valence-corrected chi connectivity index (χ4v) is 1.99. The molecule has 0 aliphatic carbocycles. The Labute approximate surface area is 112 Å². The van der Waals surface area contributed by atoms with Crippen LogP contribution < -0.4 is 5.32 Å². The summed E-state index contributed by atoms with van der Waals surface area (Å²) in [5.74, 6) is -1.13. The van der Waals surface area contributed by atoms with Crippen LogP contribution in [0.25, 0.3) is 0 Å². The van der Waals surface area contributed by atoms with E-state index in [-0.39, 0.29) is 12.3 Å². The molecule has 0 radical (unpaired) electrons. The number of amides is 1. The zero-order valence-corrected chi connectivity index (χ0v) is 11.4. The Morgan fingerprint density at radius 1 is 1.37 bits per heavy atom. The van der Waals surface area contributed by atoms with E-state index in [0.29, 0.717) is 25.9 Å². The number of aromatic nitrogens is 2. The van der Waals surface area contributed by atoms with Crippen LogP contribution in [0.4, 0.5) is 0 Å². The van der Waals surface area contributed by atoms with Crippen molar-refractivity contribution >= 4 is 11.9 Å². The maximum Gasteiger partial charge on any atom is 0.310 e. The summed E-state index contributed by atoms with van der Waals surface area (Å²) in [4.78, 5) is 23.1. The van der Waals surface area contributed by atoms with Crippen LogP contribution in [0, 0.1) is 5.41 Å². The van der Waals surface area contributed by atoms with Crippen LogP contribution >= 0.6 is 0 Å². The maximum atomic E-state index is 11.8. The average Bonchev–Trinajstić information content (AvgIpc) is 2.89. The van der Waals surface area contributed by atoms with Gasteiger partial charge < -0.3 is 10.4 Å². The molecule has 6 nitrogen and oxygen atoms in total. The molecule has 19 heavy (non-hydrogen) atoms. The van der Waals surface area contributed by atoms with Gasteiger partial charge in [-0.25, -0.2) is 0 Å². The summed E-state index contributed by atoms with van der Waals surface area (Å²) in [6.07, 6.45) is 4.41. The van der Waals surface area contributed by atoms with Crippen molar-refractivity contribution in [2.24, 2.45) is 5.41 Å². The lowest BCUT2D eigenvalue weighted by atomic mass is 9.79. The minimum atomic E-state index is -0.949. The zero-order chi connectivity index (χ0) is 14.3. The quantitative estimate of drug-likeness (QED) is 0.743. The van der Waals surface area contributed by atoms with Gasteiger partial charge in [-0.2, -0.15) is 5.10 Å². The van der Waals surface area contributed by atoms with Gasteiger partial charge in [-0.05, 0) is 18.9 Å². The van der Waals surface area contributed by atoms with Gasteiger partial charge in [0.15, 0.2) is 0 Å². The van der Waals surface area contributed by atoms with Crippen molar-refractivity contribution in [2.75, 3.05) is 6.54 Å². The number of hydrogen-bond donors (Lipinski definition) is 2. The number of carbonyl (C=O) groups is 2. The van der Waals surface area contributed by atoms with Crippen molar-refractivity contribution < 1.29 is 14.7 Å². The first-order chi connectivity index (χ1) is 9.04. The summed E-state index contributed by atoms with van der Waals surface area (Å²) < 4.78 is 1.71. The Kier molecular flexibility index (Phi) is 5.54. The van der Waals surface area contributed by atoms with Gasteiger partial charge in [0, 0.05) is 25.4 Å². The lowest BCUT2D eigenvalue weighted by Crippen LogP contribution is -2.37. The number of rotatable bonds is 8. The molecular formula is C13H21N3O3. The zero-order valence-electron chi connectivity index (χ0n) is 11.4. The smallest absolute Gasteiger partial charge is 0.310 e. The predicted molar refractivity (Wildman–Crippen MR) is 70.5 cm³/mol. The highest BCUT2D eigenvalue weighted by molar-refractivity contribution is 5.84. The lowest BCUT2D eigenvalue weighted by molar-refractivity contribution is -0.152. The Morgan fingerprint density at radius 2 is 2.05 bits per heavy atom. The summed E-state index contributed by atoms with van der Waals surface area (Å²) >= 11 is 0. The first-order valence-electron chi connectivity index (χ1n) is 6.51. The Balaban J connectivity index is 2.43. The number of aliphatic carboxylic acids is 1. The van der Waals surface area contributed by atoms with E-state index < -0.39 is 11.4 Å². The minimum absolute atomic E-state index is 0.0223. The number of hydrogen-bond acceptors (Lipinski definition) is 3. The molecule has 106 valence electrons. The van der Waals surface area contributed by atoms with Crippen LogP contribution in [0.3, 0.4) is 0 Å². The molecule has 0 saturated carbocycles. The van der Waals surface area contributed by atoms with Gasteiger partial charge in [0.25, 0.3) is 0 Å². The van der Waals surface area contributed by atoms with Gasteiger partial charge in [-0.3, -0.25) is 14.3 Å². The molecule has 0 unspecified atom stereocenters. The Hall–Kier alpha value is -1.85. The molecule has 0 bridgehead atoms. The van der Waals surface area contributed by atoms with Crippen molar-refractivity contribution in [3.63, 3.8) is 0 Å². The van der Waals surface area contributed by atoms with Gasteiger partial charge in [0.05, 0.1) is 12.0 Å². The summed E-state index contributed by atoms with van der Waals surface area (Å²) in [5, 5.41) is 16.0. The number of carboxylic acids is 1. The van der Waals surface area contributed by atoms with E-state index in [0.717, 1.165) is 0 Å². The van der Waals surface area contributed by atoms with Gasteiger partial charge in [-0.1, -0.05) is 13.8 Å². The van der Waals surface area contributed by atoms with Crippen LogP contribution in [-0.4, -0.2) is 33.3 Å². The summed E-state index contributed by atoms with van der Waals surface area (Å²) in [7, 11) is 0. The largest absolute Gasteiger partial charge is 0.481 e. The highest BCUT2D eigenvalue weighted by Gasteiger charge is 2.36. The molecule has 1 amide bonds. The number of carbonyl (C=O) groups excluding carboxylic acids is 1. The van der Waals surface area contributed by atoms with Gasteiger partial charge in [-0.15, -0.1) is 0 Å². The number of carboxylic acid groups (broad SMARTS) is 1. The van der Waals surface area contributed by atoms with E-state index in [4.69, 9.17) is 0 Å². The average molecular weight is 267 g/mol. The molecule has 6 heteroatoms. The van der Waals surface area contributed by atoms with E-state index in [1.807, 2.05) is 12.3 Å². The van der Waals surface area contributed by atoms with Gasteiger partial charge in [0.1, 0.15) is 0 Å². The third-order valence-electron chi connectivity index (χ3n) is 3.53. The highest BCUT2D eigenvalue weighted by Crippen LogP contribution is 2.30. The van der Waals surface area contributed by atoms with Crippen LogP contribution in [0.5, 0.6) is 0 Å². The molecule has 1 rings (SSSR count). The monoisotopic (exact) mass is 267 g/mol. The number of nitrogens with one attached hydrogen (secondary N) is 1. The highest BCUT2D eigenvalue weighted by atomic mass is 16.4. The first kappa shape index (κ1) is 15.2. The van der Waals surface area contributed by atoms with Crippen molar-refractivity contribution in [1.29, 1.82) is 0 Å². The van der Waals surface area contributed by atoms with Gasteiger partial charge >= 0.3 is 5.97 Å². The van der Waals surface area contributed by atoms with E-state index >= 15 is 0 Å². The molecule has 0 spiro atoms. The van der Waals surface area contributed by atoms with E-state index in [2.05, 4.69) is 10.4 Å². The van der Waals surface area contributed by atoms with E-state index in [1.54, 1.807) is 24.7 Å². The Bertz CT molecular complexity index is 411. The lowest BCUT2D eigenvalue weighted by Gasteiger charge is -2.25. The van der Waals surface area contributed by atoms with Crippen LogP contribution in [0.2, 0.25) is 0 Å². The predicted octanol–water partition coefficient (Wildman–Crippen LogP) is 1.28. The fraction of sp³-hybridized carbons (Fsp3) is 0.615. The van der Waals surface area contributed by atoms with Crippen LogP contribution in [0.1, 0.15) is 33.1 Å². The van der Waals surface area contributed by atoms with E-state index in [1.165, 1.54) is 0 Å². The SMILES string of the molecule is CCC(CC)(CC(=O)NCCn1cccn1)C(=O)O. The van der Waals surface area contributed by atoms with Crippen molar-refractivity contribution in [3.05, 3.63) is 18.5 Å². The first-order valence-corrected chi connectivity index (χ1v) is 6.51. The normalized spacial score (nSPS) is 11.3. The maximum absolute atomic E-state index is 11.8. The van der Waals surface area contributed by atoms with Crippen molar-refractivity contribution in [2.45, 2.75) is 39.7 Å². The molecule has 0 aliphatic rings. The topological polar surface area (TPSA) is 84.2 Å². The standard InChI is InChI=1S/C13H21N3O3/c1-3-13(4-2,12(18)19)10-11(17)14-7-9-16-8-5-6-15-16/h5-6,8H,3-4,7,9-10H2,1-2H3,(H,14,17)(H,18,19). The molecule has 0 aromatic carbocycles. The van der Waals surface area contributed by atoms with Crippen LogP contribution in [0.15, 0.2) is 18.5 Å². The molecule has 1 heterocycles. The van der Waals surface area contributed by atoms with Gasteiger partial charge in [0.2, 0.25) is 5.91 Å². The second-order valence-electron chi connectivity index (χ2n) is 4.59. The Morgan fingerprint density at radius 3 is 2.53 bits per heavy atom. The minimum Gasteiger partial charge on any atom is -0.481 e. The number of nitrogens with zero attached hydrogens (tertiary/aromatic N) is 2. The summed E-state index contributed by atoms with van der Waals surface area (Å²) in [6.45, 7) is 4.63. The molecule has 2 N–H and O–H groups in total. The molecular weight excluding hydrogens is 246 g/mol. The summed E-state index contributed by atoms with van der Waals surface area (Å²) in [6, 6.07) is 1.81. The second-order valence-corrected chi connectivity index (χ2v) is 4.59. The van der Waals surface area contributed by atoms with Crippen molar-refractivity contribution in [3.8, 4) is 0 Å². The summed E-state index contributed by atoms with van der Waals surface area (Å²) in [5.41, 5.74) is -0.949. The van der Waals surface area contributed by atoms with Crippen LogP contribution in [-0.2, 0) is 16.1 Å².